The molecule has 3 unspecified atom stereocenters. The molecule has 0 saturated heterocycles. The molecule has 1 N–H and O–H groups in total. The molecule has 0 aromatic heterocycles. The van der Waals surface area contributed by atoms with Crippen LogP contribution in [0.15, 0.2) is 4.99 Å². The minimum atomic E-state index is 0.534. The molecule has 0 spiro atoms. The van der Waals surface area contributed by atoms with Crippen LogP contribution < -0.4 is 5.32 Å². The average molecular weight is 256 g/mol. The van der Waals surface area contributed by atoms with Gasteiger partial charge in [0, 0.05) is 11.3 Å². The predicted molar refractivity (Wildman–Crippen MR) is 79.8 cm³/mol. The fourth-order valence-corrected chi connectivity index (χ4v) is 3.64. The molecule has 1 aliphatic heterocycles. The third kappa shape index (κ3) is 4.20. The van der Waals surface area contributed by atoms with Gasteiger partial charge in [-0.1, -0.05) is 58.7 Å². The van der Waals surface area contributed by atoms with Crippen molar-refractivity contribution in [3.8, 4) is 0 Å². The summed E-state index contributed by atoms with van der Waals surface area (Å²) in [5, 5.41) is 5.46. The van der Waals surface area contributed by atoms with E-state index in [0.29, 0.717) is 17.2 Å². The topological polar surface area (TPSA) is 24.4 Å². The van der Waals surface area contributed by atoms with Crippen molar-refractivity contribution in [1.82, 2.24) is 5.32 Å². The van der Waals surface area contributed by atoms with E-state index in [2.05, 4.69) is 44.9 Å². The summed E-state index contributed by atoms with van der Waals surface area (Å²) in [7, 11) is 0. The van der Waals surface area contributed by atoms with Crippen LogP contribution in [0, 0.1) is 11.8 Å². The van der Waals surface area contributed by atoms with Gasteiger partial charge in [0.1, 0.15) is 0 Å². The highest BCUT2D eigenvalue weighted by Gasteiger charge is 2.26. The van der Waals surface area contributed by atoms with Crippen LogP contribution >= 0.6 is 11.8 Å². The Hall–Kier alpha value is -0.180. The van der Waals surface area contributed by atoms with Crippen LogP contribution in [-0.2, 0) is 0 Å². The molecule has 0 aromatic carbocycles. The number of hydrogen-bond acceptors (Lipinski definition) is 3. The van der Waals surface area contributed by atoms with Gasteiger partial charge in [-0.05, 0) is 18.8 Å². The molecule has 1 heterocycles. The summed E-state index contributed by atoms with van der Waals surface area (Å²) >= 11 is 1.96. The van der Waals surface area contributed by atoms with Gasteiger partial charge in [0.25, 0.3) is 0 Å². The monoisotopic (exact) mass is 256 g/mol. The standard InChI is InChI=1S/C14H28N2S/c1-6-10(4)11(5)16-14-15-9-13(17-14)12(7-2)8-3/h10-13H,6-9H2,1-5H3,(H,15,16). The molecule has 17 heavy (non-hydrogen) atoms. The van der Waals surface area contributed by atoms with Gasteiger partial charge in [0.05, 0.1) is 6.54 Å². The number of aliphatic imine (C=N–C) groups is 1. The molecule has 1 rings (SSSR count). The van der Waals surface area contributed by atoms with Crippen molar-refractivity contribution in [3.63, 3.8) is 0 Å². The molecular weight excluding hydrogens is 228 g/mol. The quantitative estimate of drug-likeness (QED) is 0.779. The van der Waals surface area contributed by atoms with Crippen LogP contribution in [-0.4, -0.2) is 23.0 Å². The number of amidine groups is 1. The molecule has 0 fully saturated rings. The smallest absolute Gasteiger partial charge is 0.157 e. The van der Waals surface area contributed by atoms with Gasteiger partial charge in [-0.2, -0.15) is 0 Å². The minimum Gasteiger partial charge on any atom is -0.362 e. The summed E-state index contributed by atoms with van der Waals surface area (Å²) in [5.74, 6) is 1.53. The number of rotatable bonds is 6. The highest BCUT2D eigenvalue weighted by molar-refractivity contribution is 8.14. The Morgan fingerprint density at radius 3 is 2.41 bits per heavy atom. The predicted octanol–water partition coefficient (Wildman–Crippen LogP) is 3.92. The van der Waals surface area contributed by atoms with Crippen molar-refractivity contribution in [3.05, 3.63) is 0 Å². The number of nitrogens with one attached hydrogen (secondary N) is 1. The summed E-state index contributed by atoms with van der Waals surface area (Å²) in [5.41, 5.74) is 0. The molecule has 0 aromatic rings. The Balaban J connectivity index is 2.39. The van der Waals surface area contributed by atoms with Gasteiger partial charge in [-0.15, -0.1) is 0 Å². The van der Waals surface area contributed by atoms with E-state index in [4.69, 9.17) is 0 Å². The lowest BCUT2D eigenvalue weighted by molar-refractivity contribution is 0.439. The molecular formula is C14H28N2S. The maximum absolute atomic E-state index is 4.66. The lowest BCUT2D eigenvalue weighted by atomic mass is 9.99. The maximum atomic E-state index is 4.66. The molecule has 0 aliphatic carbocycles. The third-order valence-corrected chi connectivity index (χ3v) is 5.41. The van der Waals surface area contributed by atoms with Gasteiger partial charge < -0.3 is 5.32 Å². The van der Waals surface area contributed by atoms with E-state index >= 15 is 0 Å². The van der Waals surface area contributed by atoms with Crippen LogP contribution in [0.3, 0.4) is 0 Å². The maximum Gasteiger partial charge on any atom is 0.157 e. The zero-order chi connectivity index (χ0) is 12.8. The van der Waals surface area contributed by atoms with E-state index in [1.54, 1.807) is 0 Å². The summed E-state index contributed by atoms with van der Waals surface area (Å²) in [6.45, 7) is 12.4. The highest BCUT2D eigenvalue weighted by Crippen LogP contribution is 2.30. The number of nitrogens with zero attached hydrogens (tertiary/aromatic N) is 1. The van der Waals surface area contributed by atoms with Gasteiger partial charge in [-0.25, -0.2) is 0 Å². The Bertz CT molecular complexity index is 249. The van der Waals surface area contributed by atoms with Crippen LogP contribution in [0.1, 0.15) is 53.9 Å². The van der Waals surface area contributed by atoms with E-state index in [1.165, 1.54) is 24.4 Å². The fraction of sp³-hybridized carbons (Fsp3) is 0.929. The van der Waals surface area contributed by atoms with E-state index in [9.17, 15) is 0 Å². The van der Waals surface area contributed by atoms with Crippen molar-refractivity contribution in [2.45, 2.75) is 65.2 Å². The van der Waals surface area contributed by atoms with Crippen molar-refractivity contribution in [2.24, 2.45) is 16.8 Å². The van der Waals surface area contributed by atoms with Crippen molar-refractivity contribution >= 4 is 16.9 Å². The second kappa shape index (κ2) is 7.30. The van der Waals surface area contributed by atoms with Gasteiger partial charge in [0.2, 0.25) is 0 Å². The first-order valence-corrected chi connectivity index (χ1v) is 7.97. The first-order valence-electron chi connectivity index (χ1n) is 7.09. The molecule has 0 amide bonds. The van der Waals surface area contributed by atoms with Crippen LogP contribution in [0.5, 0.6) is 0 Å². The molecule has 3 atom stereocenters. The second-order valence-corrected chi connectivity index (χ2v) is 6.43. The van der Waals surface area contributed by atoms with Gasteiger partial charge in [0.15, 0.2) is 5.17 Å². The summed E-state index contributed by atoms with van der Waals surface area (Å²) < 4.78 is 0. The van der Waals surface area contributed by atoms with Crippen molar-refractivity contribution < 1.29 is 0 Å². The summed E-state index contributed by atoms with van der Waals surface area (Å²) in [6, 6.07) is 0.534. The Labute approximate surface area is 111 Å². The first-order chi connectivity index (χ1) is 8.12. The molecule has 2 nitrogen and oxygen atoms in total. The van der Waals surface area contributed by atoms with Crippen LogP contribution in [0.2, 0.25) is 0 Å². The van der Waals surface area contributed by atoms with Crippen LogP contribution in [0.25, 0.3) is 0 Å². The van der Waals surface area contributed by atoms with E-state index in [-0.39, 0.29) is 0 Å². The molecule has 0 bridgehead atoms. The molecule has 3 heteroatoms. The second-order valence-electron chi connectivity index (χ2n) is 5.20. The van der Waals surface area contributed by atoms with Gasteiger partial charge >= 0.3 is 0 Å². The van der Waals surface area contributed by atoms with Crippen LogP contribution in [0.4, 0.5) is 0 Å². The normalized spacial score (nSPS) is 23.6. The Kier molecular flexibility index (Phi) is 6.39. The van der Waals surface area contributed by atoms with E-state index in [1.807, 2.05) is 11.8 Å². The molecule has 1 aliphatic rings. The fourth-order valence-electron chi connectivity index (χ4n) is 2.22. The highest BCUT2D eigenvalue weighted by atomic mass is 32.2. The number of hydrogen-bond donors (Lipinski definition) is 1. The minimum absolute atomic E-state index is 0.534. The third-order valence-electron chi connectivity index (χ3n) is 4.10. The number of thioether (sulfide) groups is 1. The molecule has 100 valence electrons. The van der Waals surface area contributed by atoms with E-state index in [0.717, 1.165) is 12.5 Å². The first kappa shape index (κ1) is 14.9. The summed E-state index contributed by atoms with van der Waals surface area (Å²) in [6.07, 6.45) is 3.78. The lowest BCUT2D eigenvalue weighted by Gasteiger charge is -2.22. The SMILES string of the molecule is CCC(C)C(C)NC1=NCC(C(CC)CC)S1. The van der Waals surface area contributed by atoms with Gasteiger partial charge in [-0.3, -0.25) is 4.99 Å². The van der Waals surface area contributed by atoms with E-state index < -0.39 is 0 Å². The zero-order valence-electron chi connectivity index (χ0n) is 12.0. The zero-order valence-corrected chi connectivity index (χ0v) is 12.8. The lowest BCUT2D eigenvalue weighted by Crippen LogP contribution is -2.35. The Morgan fingerprint density at radius 1 is 1.24 bits per heavy atom. The molecule has 0 saturated carbocycles. The Morgan fingerprint density at radius 2 is 1.88 bits per heavy atom. The average Bonchev–Trinajstić information content (AvgIpc) is 2.78. The van der Waals surface area contributed by atoms with Crippen molar-refractivity contribution in [1.29, 1.82) is 0 Å². The summed E-state index contributed by atoms with van der Waals surface area (Å²) in [4.78, 5) is 4.66. The van der Waals surface area contributed by atoms with Crippen molar-refractivity contribution in [2.75, 3.05) is 6.54 Å². The largest absolute Gasteiger partial charge is 0.362 e. The molecule has 0 radical (unpaired) electrons.